The van der Waals surface area contributed by atoms with Gasteiger partial charge >= 0.3 is 0 Å². The molecule has 8 heteroatoms. The van der Waals surface area contributed by atoms with Gasteiger partial charge in [0.25, 0.3) is 0 Å². The minimum absolute atomic E-state index is 0. The van der Waals surface area contributed by atoms with Crippen molar-refractivity contribution in [2.24, 2.45) is 10.7 Å². The lowest BCUT2D eigenvalue weighted by Gasteiger charge is -2.36. The molecule has 2 aliphatic rings. The Balaban J connectivity index is 0.00000272. The number of fused-ring (bicyclic) bond motifs is 1. The Kier molecular flexibility index (Phi) is 8.11. The molecule has 1 aliphatic heterocycles. The fraction of sp³-hybridized carbons (Fsp3) is 0.391. The van der Waals surface area contributed by atoms with Crippen molar-refractivity contribution in [1.82, 2.24) is 4.90 Å². The Morgan fingerprint density at radius 2 is 1.74 bits per heavy atom. The van der Waals surface area contributed by atoms with Crippen molar-refractivity contribution in [3.05, 3.63) is 59.4 Å². The molecular weight excluding hydrogens is 508 g/mol. The van der Waals surface area contributed by atoms with Gasteiger partial charge in [0.15, 0.2) is 5.96 Å². The van der Waals surface area contributed by atoms with Gasteiger partial charge in [0.2, 0.25) is 5.91 Å². The number of aryl methyl sites for hydroxylation is 2. The Bertz CT molecular complexity index is 926. The summed E-state index contributed by atoms with van der Waals surface area (Å²) < 4.78 is 13.1. The molecule has 6 nitrogen and oxygen atoms in total. The van der Waals surface area contributed by atoms with Crippen LogP contribution in [0, 0.1) is 5.82 Å². The van der Waals surface area contributed by atoms with E-state index in [4.69, 9.17) is 5.73 Å². The minimum atomic E-state index is -0.238. The van der Waals surface area contributed by atoms with Crippen molar-refractivity contribution < 1.29 is 9.18 Å². The zero-order valence-electron chi connectivity index (χ0n) is 17.5. The van der Waals surface area contributed by atoms with E-state index in [1.165, 1.54) is 29.7 Å². The van der Waals surface area contributed by atoms with Crippen molar-refractivity contribution in [3.8, 4) is 0 Å². The highest BCUT2D eigenvalue weighted by atomic mass is 127. The molecule has 1 heterocycles. The Hall–Kier alpha value is -2.36. The van der Waals surface area contributed by atoms with Gasteiger partial charge in [0, 0.05) is 44.0 Å². The van der Waals surface area contributed by atoms with E-state index in [9.17, 15) is 9.18 Å². The number of benzene rings is 2. The number of carbonyl (C=O) groups excluding carboxylic acids is 1. The maximum Gasteiger partial charge on any atom is 0.224 e. The van der Waals surface area contributed by atoms with Gasteiger partial charge in [-0.3, -0.25) is 9.79 Å². The molecule has 0 unspecified atom stereocenters. The summed E-state index contributed by atoms with van der Waals surface area (Å²) >= 11 is 0. The number of amides is 1. The molecular formula is C23H29FIN5O. The summed E-state index contributed by atoms with van der Waals surface area (Å²) in [5, 5.41) is 3.12. The minimum Gasteiger partial charge on any atom is -0.370 e. The van der Waals surface area contributed by atoms with Crippen LogP contribution >= 0.6 is 24.0 Å². The van der Waals surface area contributed by atoms with Crippen LogP contribution in [0.2, 0.25) is 0 Å². The van der Waals surface area contributed by atoms with Crippen LogP contribution in [-0.2, 0) is 17.6 Å². The van der Waals surface area contributed by atoms with E-state index in [1.54, 1.807) is 12.1 Å². The van der Waals surface area contributed by atoms with E-state index in [0.717, 1.165) is 37.3 Å². The van der Waals surface area contributed by atoms with E-state index in [1.807, 2.05) is 11.0 Å². The van der Waals surface area contributed by atoms with Crippen LogP contribution in [-0.4, -0.2) is 49.5 Å². The SMILES string of the molecule is I.NC(=NCCC(=O)N1CCN(c2ccc(F)cc2)CC1)Nc1ccc2c(c1)CCC2. The van der Waals surface area contributed by atoms with Gasteiger partial charge in [0.05, 0.1) is 6.54 Å². The summed E-state index contributed by atoms with van der Waals surface area (Å²) in [5.74, 6) is 0.183. The third-order valence-electron chi connectivity index (χ3n) is 5.80. The molecule has 1 saturated heterocycles. The first-order valence-electron chi connectivity index (χ1n) is 10.6. The largest absolute Gasteiger partial charge is 0.370 e. The van der Waals surface area contributed by atoms with Crippen molar-refractivity contribution in [2.75, 3.05) is 42.9 Å². The molecule has 31 heavy (non-hydrogen) atoms. The van der Waals surface area contributed by atoms with E-state index in [0.29, 0.717) is 32.0 Å². The molecule has 1 aliphatic carbocycles. The number of halogens is 2. The average Bonchev–Trinajstić information content (AvgIpc) is 3.22. The second-order valence-electron chi connectivity index (χ2n) is 7.82. The molecule has 0 bridgehead atoms. The van der Waals surface area contributed by atoms with Gasteiger partial charge in [-0.2, -0.15) is 0 Å². The van der Waals surface area contributed by atoms with Gasteiger partial charge in [-0.1, -0.05) is 6.07 Å². The van der Waals surface area contributed by atoms with Crippen LogP contribution in [0.15, 0.2) is 47.5 Å². The first kappa shape index (κ1) is 23.3. The van der Waals surface area contributed by atoms with Crippen molar-refractivity contribution >= 4 is 47.2 Å². The Morgan fingerprint density at radius 3 is 2.48 bits per heavy atom. The highest BCUT2D eigenvalue weighted by molar-refractivity contribution is 14.0. The van der Waals surface area contributed by atoms with Gasteiger partial charge < -0.3 is 20.9 Å². The second-order valence-corrected chi connectivity index (χ2v) is 7.82. The first-order chi connectivity index (χ1) is 14.6. The lowest BCUT2D eigenvalue weighted by Crippen LogP contribution is -2.48. The second kappa shape index (κ2) is 10.8. The molecule has 0 saturated carbocycles. The van der Waals surface area contributed by atoms with Crippen LogP contribution in [0.1, 0.15) is 24.0 Å². The van der Waals surface area contributed by atoms with E-state index in [2.05, 4.69) is 27.3 Å². The van der Waals surface area contributed by atoms with Gasteiger partial charge in [-0.15, -0.1) is 24.0 Å². The third kappa shape index (κ3) is 6.09. The van der Waals surface area contributed by atoms with Crippen LogP contribution in [0.5, 0.6) is 0 Å². The number of rotatable bonds is 5. The molecule has 0 atom stereocenters. The van der Waals surface area contributed by atoms with Gasteiger partial charge in [-0.05, 0) is 66.8 Å². The number of hydrogen-bond donors (Lipinski definition) is 2. The normalized spacial score (nSPS) is 16.0. The summed E-state index contributed by atoms with van der Waals surface area (Å²) in [6.45, 7) is 3.15. The zero-order chi connectivity index (χ0) is 20.9. The summed E-state index contributed by atoms with van der Waals surface area (Å²) in [4.78, 5) is 20.8. The molecule has 0 radical (unpaired) electrons. The van der Waals surface area contributed by atoms with E-state index < -0.39 is 0 Å². The Morgan fingerprint density at radius 1 is 1.03 bits per heavy atom. The molecule has 0 spiro atoms. The molecule has 4 rings (SSSR count). The number of anilines is 2. The fourth-order valence-electron chi connectivity index (χ4n) is 4.13. The number of carbonyl (C=O) groups is 1. The lowest BCUT2D eigenvalue weighted by molar-refractivity contribution is -0.131. The summed E-state index contributed by atoms with van der Waals surface area (Å²) in [5.41, 5.74) is 10.7. The monoisotopic (exact) mass is 537 g/mol. The van der Waals surface area contributed by atoms with Crippen molar-refractivity contribution in [3.63, 3.8) is 0 Å². The molecule has 1 fully saturated rings. The number of nitrogens with zero attached hydrogens (tertiary/aromatic N) is 3. The predicted octanol–water partition coefficient (Wildman–Crippen LogP) is 3.40. The maximum absolute atomic E-state index is 13.1. The van der Waals surface area contributed by atoms with Crippen LogP contribution in [0.25, 0.3) is 0 Å². The third-order valence-corrected chi connectivity index (χ3v) is 5.80. The molecule has 166 valence electrons. The predicted molar refractivity (Wildman–Crippen MR) is 134 cm³/mol. The molecule has 3 N–H and O–H groups in total. The quantitative estimate of drug-likeness (QED) is 0.349. The molecule has 2 aromatic carbocycles. The highest BCUT2D eigenvalue weighted by Gasteiger charge is 2.21. The number of nitrogens with one attached hydrogen (secondary N) is 1. The lowest BCUT2D eigenvalue weighted by atomic mass is 10.1. The van der Waals surface area contributed by atoms with Crippen LogP contribution < -0.4 is 16.0 Å². The summed E-state index contributed by atoms with van der Waals surface area (Å²) in [6.07, 6.45) is 3.82. The summed E-state index contributed by atoms with van der Waals surface area (Å²) in [7, 11) is 0. The average molecular weight is 537 g/mol. The van der Waals surface area contributed by atoms with Crippen molar-refractivity contribution in [2.45, 2.75) is 25.7 Å². The van der Waals surface area contributed by atoms with E-state index in [-0.39, 0.29) is 35.7 Å². The molecule has 1 amide bonds. The van der Waals surface area contributed by atoms with Crippen LogP contribution in [0.4, 0.5) is 15.8 Å². The fourth-order valence-corrected chi connectivity index (χ4v) is 4.13. The first-order valence-corrected chi connectivity index (χ1v) is 10.6. The maximum atomic E-state index is 13.1. The van der Waals surface area contributed by atoms with Gasteiger partial charge in [0.1, 0.15) is 5.82 Å². The topological polar surface area (TPSA) is 74.0 Å². The number of guanidine groups is 1. The number of piperazine rings is 1. The number of aliphatic imine (C=N–C) groups is 1. The highest BCUT2D eigenvalue weighted by Crippen LogP contribution is 2.24. The molecule has 2 aromatic rings. The van der Waals surface area contributed by atoms with Crippen LogP contribution in [0.3, 0.4) is 0 Å². The number of hydrogen-bond acceptors (Lipinski definition) is 3. The zero-order valence-corrected chi connectivity index (χ0v) is 19.8. The standard InChI is InChI=1S/C23H28FN5O.HI/c24-19-5-8-21(9-6-19)28-12-14-29(15-13-28)22(30)10-11-26-23(25)27-20-7-4-17-2-1-3-18(17)16-20;/h4-9,16H,1-3,10-15H2,(H3,25,26,27);1H. The summed E-state index contributed by atoms with van der Waals surface area (Å²) in [6, 6.07) is 12.8. The van der Waals surface area contributed by atoms with E-state index >= 15 is 0 Å². The number of nitrogens with two attached hydrogens (primary N) is 1. The molecule has 0 aromatic heterocycles. The Labute approximate surface area is 199 Å². The van der Waals surface area contributed by atoms with Gasteiger partial charge in [-0.25, -0.2) is 4.39 Å². The van der Waals surface area contributed by atoms with Crippen molar-refractivity contribution in [1.29, 1.82) is 0 Å². The smallest absolute Gasteiger partial charge is 0.224 e.